The molecule has 0 fully saturated rings. The van der Waals surface area contributed by atoms with E-state index in [1.165, 1.54) is 0 Å². The molecule has 0 bridgehead atoms. The molecule has 12 heteroatoms. The lowest BCUT2D eigenvalue weighted by atomic mass is 9.94. The minimum atomic E-state index is -4.50. The molecule has 0 saturated heterocycles. The van der Waals surface area contributed by atoms with Crippen molar-refractivity contribution in [3.8, 4) is 0 Å². The van der Waals surface area contributed by atoms with Crippen molar-refractivity contribution in [2.24, 2.45) is 4.99 Å². The Kier molecular flexibility index (Phi) is 9.11. The van der Waals surface area contributed by atoms with Gasteiger partial charge in [0.1, 0.15) is 11.5 Å². The number of alkyl halides is 3. The third kappa shape index (κ3) is 8.03. The van der Waals surface area contributed by atoms with Crippen LogP contribution in [0.4, 0.5) is 19.1 Å². The second-order valence-electron chi connectivity index (χ2n) is 6.91. The molecule has 2 aromatic heterocycles. The first-order chi connectivity index (χ1) is 13.1. The van der Waals surface area contributed by atoms with Crippen LogP contribution in [0.3, 0.4) is 0 Å². The summed E-state index contributed by atoms with van der Waals surface area (Å²) in [5.74, 6) is 1.73. The minimum Gasteiger partial charge on any atom is -0.443 e. The Balaban J connectivity index is 0.00000420. The molecule has 162 valence electrons. The molecular formula is C17H25F3IN7O. The molecule has 0 aromatic carbocycles. The van der Waals surface area contributed by atoms with Crippen LogP contribution in [0.5, 0.6) is 0 Å². The van der Waals surface area contributed by atoms with Gasteiger partial charge < -0.3 is 20.4 Å². The number of rotatable bonds is 6. The van der Waals surface area contributed by atoms with Crippen LogP contribution < -0.4 is 16.0 Å². The van der Waals surface area contributed by atoms with Crippen LogP contribution in [0, 0.1) is 0 Å². The first-order valence-corrected chi connectivity index (χ1v) is 8.63. The molecule has 3 N–H and O–H groups in total. The van der Waals surface area contributed by atoms with Gasteiger partial charge in [-0.2, -0.15) is 13.2 Å². The van der Waals surface area contributed by atoms with Gasteiger partial charge in [0.2, 0.25) is 11.8 Å². The van der Waals surface area contributed by atoms with Crippen LogP contribution in [0.1, 0.15) is 38.1 Å². The summed E-state index contributed by atoms with van der Waals surface area (Å²) in [4.78, 5) is 15.5. The third-order valence-electron chi connectivity index (χ3n) is 3.57. The maximum atomic E-state index is 12.6. The minimum absolute atomic E-state index is 0. The highest BCUT2D eigenvalue weighted by Crippen LogP contribution is 2.27. The van der Waals surface area contributed by atoms with E-state index in [1.807, 2.05) is 20.8 Å². The Morgan fingerprint density at radius 2 is 1.86 bits per heavy atom. The molecule has 2 aromatic rings. The van der Waals surface area contributed by atoms with E-state index in [2.05, 4.69) is 35.9 Å². The zero-order valence-electron chi connectivity index (χ0n) is 16.6. The lowest BCUT2D eigenvalue weighted by molar-refractivity contribution is -0.141. The molecule has 2 heterocycles. The summed E-state index contributed by atoms with van der Waals surface area (Å²) < 4.78 is 43.6. The summed E-state index contributed by atoms with van der Waals surface area (Å²) in [6, 6.07) is 0.822. The number of nitrogens with one attached hydrogen (secondary N) is 3. The molecular weight excluding hydrogens is 502 g/mol. The summed E-state index contributed by atoms with van der Waals surface area (Å²) in [6.45, 7) is 7.14. The molecule has 0 spiro atoms. The van der Waals surface area contributed by atoms with Crippen LogP contribution in [0.2, 0.25) is 0 Å². The van der Waals surface area contributed by atoms with Crippen LogP contribution in [-0.4, -0.2) is 41.0 Å². The lowest BCUT2D eigenvalue weighted by Crippen LogP contribution is -2.39. The molecule has 0 atom stereocenters. The van der Waals surface area contributed by atoms with Crippen molar-refractivity contribution in [2.75, 3.05) is 25.5 Å². The number of aliphatic imine (C=N–C) groups is 1. The fraction of sp³-hybridized carbons (Fsp3) is 0.529. The second kappa shape index (κ2) is 10.6. The zero-order valence-corrected chi connectivity index (χ0v) is 18.9. The lowest BCUT2D eigenvalue weighted by Gasteiger charge is -2.13. The van der Waals surface area contributed by atoms with Gasteiger partial charge in [-0.1, -0.05) is 20.8 Å². The predicted octanol–water partition coefficient (Wildman–Crippen LogP) is 3.18. The SMILES string of the molecule is CN=C(NCCNc1nccc(C(F)(F)F)n1)NCc1ncc(C(C)(C)C)o1.I. The second-order valence-corrected chi connectivity index (χ2v) is 6.91. The van der Waals surface area contributed by atoms with E-state index in [4.69, 9.17) is 4.42 Å². The third-order valence-corrected chi connectivity index (χ3v) is 3.57. The normalized spacial score (nSPS) is 12.3. The molecule has 2 rings (SSSR count). The maximum absolute atomic E-state index is 12.6. The summed E-state index contributed by atoms with van der Waals surface area (Å²) in [6.07, 6.45) is -1.74. The number of hydrogen-bond donors (Lipinski definition) is 3. The Bertz CT molecular complexity index is 803. The van der Waals surface area contributed by atoms with Crippen molar-refractivity contribution in [3.05, 3.63) is 35.8 Å². The van der Waals surface area contributed by atoms with Gasteiger partial charge in [-0.3, -0.25) is 4.99 Å². The van der Waals surface area contributed by atoms with Gasteiger partial charge in [-0.25, -0.2) is 15.0 Å². The van der Waals surface area contributed by atoms with Gasteiger partial charge in [0.15, 0.2) is 5.96 Å². The van der Waals surface area contributed by atoms with Gasteiger partial charge >= 0.3 is 6.18 Å². The van der Waals surface area contributed by atoms with Crippen LogP contribution in [0.25, 0.3) is 0 Å². The van der Waals surface area contributed by atoms with Crippen LogP contribution in [-0.2, 0) is 18.1 Å². The van der Waals surface area contributed by atoms with Crippen molar-refractivity contribution >= 4 is 35.9 Å². The summed E-state index contributed by atoms with van der Waals surface area (Å²) in [7, 11) is 1.61. The van der Waals surface area contributed by atoms with E-state index in [0.717, 1.165) is 18.0 Å². The molecule has 0 aliphatic rings. The highest BCUT2D eigenvalue weighted by molar-refractivity contribution is 14.0. The number of aromatic nitrogens is 3. The molecule has 0 amide bonds. The monoisotopic (exact) mass is 527 g/mol. The summed E-state index contributed by atoms with van der Waals surface area (Å²) in [5.41, 5.74) is -1.11. The fourth-order valence-electron chi connectivity index (χ4n) is 2.08. The summed E-state index contributed by atoms with van der Waals surface area (Å²) >= 11 is 0. The molecule has 0 saturated carbocycles. The highest BCUT2D eigenvalue weighted by atomic mass is 127. The average Bonchev–Trinajstić information content (AvgIpc) is 3.10. The maximum Gasteiger partial charge on any atom is 0.433 e. The van der Waals surface area contributed by atoms with E-state index in [1.54, 1.807) is 13.2 Å². The number of anilines is 1. The van der Waals surface area contributed by atoms with Gasteiger partial charge in [0, 0.05) is 31.7 Å². The smallest absolute Gasteiger partial charge is 0.433 e. The Morgan fingerprint density at radius 3 is 2.45 bits per heavy atom. The van der Waals surface area contributed by atoms with Crippen molar-refractivity contribution in [1.29, 1.82) is 0 Å². The highest BCUT2D eigenvalue weighted by Gasteiger charge is 2.32. The molecule has 0 unspecified atom stereocenters. The number of guanidine groups is 1. The van der Waals surface area contributed by atoms with E-state index >= 15 is 0 Å². The van der Waals surface area contributed by atoms with E-state index < -0.39 is 11.9 Å². The quantitative estimate of drug-likeness (QED) is 0.230. The van der Waals surface area contributed by atoms with Crippen LogP contribution in [0.15, 0.2) is 27.9 Å². The van der Waals surface area contributed by atoms with Crippen molar-refractivity contribution < 1.29 is 17.6 Å². The Hall–Kier alpha value is -2.12. The fourth-order valence-corrected chi connectivity index (χ4v) is 2.08. The largest absolute Gasteiger partial charge is 0.443 e. The van der Waals surface area contributed by atoms with Crippen molar-refractivity contribution in [3.63, 3.8) is 0 Å². The Labute approximate surface area is 184 Å². The van der Waals surface area contributed by atoms with Crippen LogP contribution >= 0.6 is 24.0 Å². The molecule has 0 radical (unpaired) electrons. The molecule has 0 aliphatic heterocycles. The van der Waals surface area contributed by atoms with Gasteiger partial charge in [-0.15, -0.1) is 24.0 Å². The topological polar surface area (TPSA) is 100 Å². The average molecular weight is 527 g/mol. The molecule has 8 nitrogen and oxygen atoms in total. The first-order valence-electron chi connectivity index (χ1n) is 8.63. The van der Waals surface area contributed by atoms with Crippen molar-refractivity contribution in [1.82, 2.24) is 25.6 Å². The van der Waals surface area contributed by atoms with Crippen molar-refractivity contribution in [2.45, 2.75) is 38.9 Å². The summed E-state index contributed by atoms with van der Waals surface area (Å²) in [5, 5.41) is 8.81. The first kappa shape index (κ1) is 24.9. The van der Waals surface area contributed by atoms with E-state index in [0.29, 0.717) is 31.5 Å². The Morgan fingerprint density at radius 1 is 1.14 bits per heavy atom. The zero-order chi connectivity index (χ0) is 20.8. The van der Waals surface area contributed by atoms with E-state index in [-0.39, 0.29) is 35.3 Å². The van der Waals surface area contributed by atoms with Gasteiger partial charge in [0.05, 0.1) is 12.7 Å². The molecule has 29 heavy (non-hydrogen) atoms. The number of hydrogen-bond acceptors (Lipinski definition) is 6. The number of halogens is 4. The number of oxazole rings is 1. The number of nitrogens with zero attached hydrogens (tertiary/aromatic N) is 4. The predicted molar refractivity (Wildman–Crippen MR) is 114 cm³/mol. The van der Waals surface area contributed by atoms with E-state index in [9.17, 15) is 13.2 Å². The molecule has 0 aliphatic carbocycles. The van der Waals surface area contributed by atoms with Gasteiger partial charge in [0.25, 0.3) is 0 Å². The van der Waals surface area contributed by atoms with Gasteiger partial charge in [-0.05, 0) is 6.07 Å². The standard InChI is InChI=1S/C17H24F3N7O.HI/c1-16(2,3)12-9-25-13(28-12)10-26-14(21-4)23-7-8-24-15-22-6-5-11(27-15)17(18,19)20;/h5-6,9H,7-8,10H2,1-4H3,(H2,21,23,26)(H,22,24,27);1H.